The zero-order valence-electron chi connectivity index (χ0n) is 10.9. The van der Waals surface area contributed by atoms with Gasteiger partial charge in [0.25, 0.3) is 0 Å². The highest BCUT2D eigenvalue weighted by Gasteiger charge is 2.21. The largest absolute Gasteiger partial charge is 0.306 e. The Bertz CT molecular complexity index is 325. The maximum absolute atomic E-state index is 4.37. The van der Waals surface area contributed by atoms with E-state index < -0.39 is 0 Å². The van der Waals surface area contributed by atoms with Crippen molar-refractivity contribution in [1.82, 2.24) is 15.3 Å². The van der Waals surface area contributed by atoms with Crippen LogP contribution >= 0.6 is 0 Å². The molecule has 0 saturated heterocycles. The molecule has 0 bridgehead atoms. The highest BCUT2D eigenvalue weighted by Crippen LogP contribution is 2.24. The molecule has 3 heteroatoms. The van der Waals surface area contributed by atoms with Gasteiger partial charge in [0.05, 0.1) is 5.69 Å². The summed E-state index contributed by atoms with van der Waals surface area (Å²) in [6.07, 6.45) is 12.1. The molecular formula is C14H23N3. The van der Waals surface area contributed by atoms with Crippen LogP contribution in [0.1, 0.15) is 57.7 Å². The van der Waals surface area contributed by atoms with E-state index in [2.05, 4.69) is 29.1 Å². The first-order chi connectivity index (χ1) is 8.27. The molecule has 0 amide bonds. The lowest BCUT2D eigenvalue weighted by atomic mass is 9.96. The van der Waals surface area contributed by atoms with Crippen LogP contribution in [-0.4, -0.2) is 16.0 Å². The fourth-order valence-corrected chi connectivity index (χ4v) is 2.68. The average molecular weight is 233 g/mol. The Morgan fingerprint density at radius 1 is 1.24 bits per heavy atom. The van der Waals surface area contributed by atoms with E-state index in [4.69, 9.17) is 0 Å². The van der Waals surface area contributed by atoms with Gasteiger partial charge in [0, 0.05) is 30.7 Å². The van der Waals surface area contributed by atoms with Gasteiger partial charge in [-0.1, -0.05) is 26.2 Å². The van der Waals surface area contributed by atoms with E-state index in [9.17, 15) is 0 Å². The van der Waals surface area contributed by atoms with Gasteiger partial charge in [-0.25, -0.2) is 0 Å². The third-order valence-corrected chi connectivity index (χ3v) is 3.85. The summed E-state index contributed by atoms with van der Waals surface area (Å²) in [4.78, 5) is 8.50. The van der Waals surface area contributed by atoms with E-state index in [-0.39, 0.29) is 0 Å². The smallest absolute Gasteiger partial charge is 0.0753 e. The van der Waals surface area contributed by atoms with Crippen LogP contribution in [0.5, 0.6) is 0 Å². The van der Waals surface area contributed by atoms with Gasteiger partial charge >= 0.3 is 0 Å². The quantitative estimate of drug-likeness (QED) is 0.815. The first-order valence-electron chi connectivity index (χ1n) is 6.79. The molecule has 1 heterocycles. The molecule has 0 aromatic carbocycles. The van der Waals surface area contributed by atoms with E-state index >= 15 is 0 Å². The number of rotatable bonds is 3. The Kier molecular flexibility index (Phi) is 4.49. The van der Waals surface area contributed by atoms with E-state index in [0.717, 1.165) is 11.6 Å². The molecule has 94 valence electrons. The van der Waals surface area contributed by atoms with Crippen molar-refractivity contribution in [3.05, 3.63) is 24.3 Å². The van der Waals surface area contributed by atoms with E-state index in [1.54, 1.807) is 12.4 Å². The van der Waals surface area contributed by atoms with Crippen LogP contribution in [0.3, 0.4) is 0 Å². The predicted octanol–water partition coefficient (Wildman–Crippen LogP) is 3.10. The van der Waals surface area contributed by atoms with Crippen LogP contribution in [0, 0.1) is 5.92 Å². The molecule has 1 aromatic rings. The Morgan fingerprint density at radius 2 is 2.06 bits per heavy atom. The van der Waals surface area contributed by atoms with Gasteiger partial charge in [-0.15, -0.1) is 0 Å². The number of nitrogens with zero attached hydrogens (tertiary/aromatic N) is 2. The minimum absolute atomic E-state index is 0.300. The maximum atomic E-state index is 4.37. The first kappa shape index (κ1) is 12.5. The van der Waals surface area contributed by atoms with Gasteiger partial charge in [-0.3, -0.25) is 9.97 Å². The van der Waals surface area contributed by atoms with Crippen molar-refractivity contribution in [1.29, 1.82) is 0 Å². The number of nitrogens with one attached hydrogen (secondary N) is 1. The lowest BCUT2D eigenvalue weighted by Crippen LogP contribution is -2.36. The third kappa shape index (κ3) is 3.50. The number of hydrogen-bond donors (Lipinski definition) is 1. The second kappa shape index (κ2) is 6.10. The molecule has 1 N–H and O–H groups in total. The second-order valence-corrected chi connectivity index (χ2v) is 5.24. The van der Waals surface area contributed by atoms with E-state index in [1.165, 1.54) is 32.1 Å². The Hall–Kier alpha value is -0.960. The summed E-state index contributed by atoms with van der Waals surface area (Å²) < 4.78 is 0. The lowest BCUT2D eigenvalue weighted by molar-refractivity contribution is 0.327. The van der Waals surface area contributed by atoms with Crippen LogP contribution in [0.2, 0.25) is 0 Å². The molecule has 3 nitrogen and oxygen atoms in total. The molecule has 1 aromatic heterocycles. The SMILES string of the molecule is CC(NC1CCCCCC1C)c1cnccn1. The molecule has 1 aliphatic carbocycles. The van der Waals surface area contributed by atoms with Gasteiger partial charge in [0.2, 0.25) is 0 Å². The fraction of sp³-hybridized carbons (Fsp3) is 0.714. The van der Waals surface area contributed by atoms with Crippen LogP contribution in [0.15, 0.2) is 18.6 Å². The van der Waals surface area contributed by atoms with Crippen LogP contribution < -0.4 is 5.32 Å². The minimum Gasteiger partial charge on any atom is -0.306 e. The zero-order valence-corrected chi connectivity index (χ0v) is 10.9. The summed E-state index contributed by atoms with van der Waals surface area (Å²) in [6, 6.07) is 0.934. The molecule has 0 aliphatic heterocycles. The van der Waals surface area contributed by atoms with Crippen molar-refractivity contribution >= 4 is 0 Å². The summed E-state index contributed by atoms with van der Waals surface area (Å²) >= 11 is 0. The van der Waals surface area contributed by atoms with Crippen molar-refractivity contribution in [2.24, 2.45) is 5.92 Å². The first-order valence-corrected chi connectivity index (χ1v) is 6.79. The Balaban J connectivity index is 1.95. The van der Waals surface area contributed by atoms with Crippen LogP contribution in [0.4, 0.5) is 0 Å². The topological polar surface area (TPSA) is 37.8 Å². The summed E-state index contributed by atoms with van der Waals surface area (Å²) in [5.41, 5.74) is 1.05. The average Bonchev–Trinajstić information content (AvgIpc) is 2.56. The molecule has 0 radical (unpaired) electrons. The van der Waals surface area contributed by atoms with Gasteiger partial charge < -0.3 is 5.32 Å². The molecule has 2 rings (SSSR count). The number of hydrogen-bond acceptors (Lipinski definition) is 3. The van der Waals surface area contributed by atoms with Crippen LogP contribution in [0.25, 0.3) is 0 Å². The lowest BCUT2D eigenvalue weighted by Gasteiger charge is -2.26. The molecule has 0 spiro atoms. The van der Waals surface area contributed by atoms with Crippen molar-refractivity contribution in [2.45, 2.75) is 58.0 Å². The molecule has 17 heavy (non-hydrogen) atoms. The molecular weight excluding hydrogens is 210 g/mol. The highest BCUT2D eigenvalue weighted by molar-refractivity contribution is 5.01. The van der Waals surface area contributed by atoms with Gasteiger partial charge in [0.15, 0.2) is 0 Å². The fourth-order valence-electron chi connectivity index (χ4n) is 2.68. The molecule has 1 fully saturated rings. The van der Waals surface area contributed by atoms with Crippen molar-refractivity contribution in [3.63, 3.8) is 0 Å². The molecule has 3 unspecified atom stereocenters. The summed E-state index contributed by atoms with van der Waals surface area (Å²) in [6.45, 7) is 4.55. The monoisotopic (exact) mass is 233 g/mol. The van der Waals surface area contributed by atoms with Crippen LogP contribution in [-0.2, 0) is 0 Å². The maximum Gasteiger partial charge on any atom is 0.0753 e. The van der Waals surface area contributed by atoms with Gasteiger partial charge in [0.1, 0.15) is 0 Å². The highest BCUT2D eigenvalue weighted by atomic mass is 15.0. The van der Waals surface area contributed by atoms with Gasteiger partial charge in [-0.05, 0) is 25.7 Å². The van der Waals surface area contributed by atoms with E-state index in [0.29, 0.717) is 12.1 Å². The standard InChI is InChI=1S/C14H23N3/c1-11-6-4-3-5-7-13(11)17-12(2)14-10-15-8-9-16-14/h8-13,17H,3-7H2,1-2H3. The minimum atomic E-state index is 0.300. The third-order valence-electron chi connectivity index (χ3n) is 3.85. The zero-order chi connectivity index (χ0) is 12.1. The van der Waals surface area contributed by atoms with Gasteiger partial charge in [-0.2, -0.15) is 0 Å². The molecule has 1 saturated carbocycles. The number of aromatic nitrogens is 2. The van der Waals surface area contributed by atoms with Crippen molar-refractivity contribution in [3.8, 4) is 0 Å². The van der Waals surface area contributed by atoms with Crippen molar-refractivity contribution < 1.29 is 0 Å². The Labute approximate surface area is 104 Å². The molecule has 1 aliphatic rings. The Morgan fingerprint density at radius 3 is 2.82 bits per heavy atom. The molecule has 3 atom stereocenters. The summed E-state index contributed by atoms with van der Waals surface area (Å²) in [5, 5.41) is 3.72. The normalized spacial score (nSPS) is 27.4. The second-order valence-electron chi connectivity index (χ2n) is 5.24. The predicted molar refractivity (Wildman–Crippen MR) is 69.6 cm³/mol. The summed E-state index contributed by atoms with van der Waals surface area (Å²) in [5.74, 6) is 0.775. The van der Waals surface area contributed by atoms with Crippen molar-refractivity contribution in [2.75, 3.05) is 0 Å². The van der Waals surface area contributed by atoms with E-state index in [1.807, 2.05) is 6.20 Å². The summed E-state index contributed by atoms with van der Waals surface area (Å²) in [7, 11) is 0.